The summed E-state index contributed by atoms with van der Waals surface area (Å²) in [6.45, 7) is 4.34. The van der Waals surface area contributed by atoms with E-state index in [0.29, 0.717) is 6.54 Å². The standard InChI is InChI=1S/C9H13NO2S/c1-7-3-8(2)5-9(4-7)6-10-13(11)12/h3-5,10H,6H2,1-2H3,(H,11,12)/p-1. The molecule has 0 radical (unpaired) electrons. The van der Waals surface area contributed by atoms with Gasteiger partial charge in [-0.1, -0.05) is 29.3 Å². The third-order valence-corrected chi connectivity index (χ3v) is 2.06. The van der Waals surface area contributed by atoms with Crippen LogP contribution in [0.2, 0.25) is 0 Å². The molecular weight excluding hydrogens is 186 g/mol. The van der Waals surface area contributed by atoms with Crippen LogP contribution in [0.5, 0.6) is 0 Å². The fraction of sp³-hybridized carbons (Fsp3) is 0.333. The molecule has 0 aliphatic rings. The predicted octanol–water partition coefficient (Wildman–Crippen LogP) is 1.19. The van der Waals surface area contributed by atoms with Crippen LogP contribution in [0.4, 0.5) is 0 Å². The van der Waals surface area contributed by atoms with Crippen LogP contribution in [0.25, 0.3) is 0 Å². The van der Waals surface area contributed by atoms with E-state index in [2.05, 4.69) is 10.8 Å². The van der Waals surface area contributed by atoms with Crippen molar-refractivity contribution in [1.82, 2.24) is 4.72 Å². The lowest BCUT2D eigenvalue weighted by Gasteiger charge is -2.08. The number of hydrogen-bond acceptors (Lipinski definition) is 2. The number of aryl methyl sites for hydroxylation is 2. The van der Waals surface area contributed by atoms with Crippen molar-refractivity contribution < 1.29 is 8.76 Å². The third-order valence-electron chi connectivity index (χ3n) is 1.68. The van der Waals surface area contributed by atoms with Crippen LogP contribution in [-0.4, -0.2) is 8.76 Å². The normalized spacial score (nSPS) is 12.8. The number of nitrogens with one attached hydrogen (secondary N) is 1. The zero-order chi connectivity index (χ0) is 9.84. The molecule has 0 saturated heterocycles. The molecular formula is C9H12NO2S-. The van der Waals surface area contributed by atoms with Crippen LogP contribution in [0.15, 0.2) is 18.2 Å². The van der Waals surface area contributed by atoms with E-state index in [0.717, 1.165) is 16.7 Å². The molecule has 72 valence electrons. The van der Waals surface area contributed by atoms with E-state index >= 15 is 0 Å². The molecule has 0 fully saturated rings. The second-order valence-electron chi connectivity index (χ2n) is 3.05. The van der Waals surface area contributed by atoms with Crippen LogP contribution < -0.4 is 4.72 Å². The second kappa shape index (κ2) is 4.50. The molecule has 0 aromatic heterocycles. The quantitative estimate of drug-likeness (QED) is 0.742. The minimum atomic E-state index is -2.18. The zero-order valence-corrected chi connectivity index (χ0v) is 8.48. The summed E-state index contributed by atoms with van der Waals surface area (Å²) in [7, 11) is 0. The summed E-state index contributed by atoms with van der Waals surface area (Å²) < 4.78 is 22.8. The Bertz CT molecular complexity index is 305. The highest BCUT2D eigenvalue weighted by atomic mass is 32.2. The summed E-state index contributed by atoms with van der Waals surface area (Å²) in [6.07, 6.45) is 0. The summed E-state index contributed by atoms with van der Waals surface area (Å²) in [4.78, 5) is 0. The van der Waals surface area contributed by atoms with Crippen molar-refractivity contribution in [1.29, 1.82) is 0 Å². The Kier molecular flexibility index (Phi) is 3.59. The Morgan fingerprint density at radius 1 is 1.31 bits per heavy atom. The molecule has 0 aliphatic carbocycles. The van der Waals surface area contributed by atoms with Crippen LogP contribution in [-0.2, 0) is 17.8 Å². The lowest BCUT2D eigenvalue weighted by atomic mass is 10.1. The van der Waals surface area contributed by atoms with Gasteiger partial charge in [0, 0.05) is 17.8 Å². The molecule has 0 spiro atoms. The highest BCUT2D eigenvalue weighted by molar-refractivity contribution is 7.77. The molecule has 4 heteroatoms. The monoisotopic (exact) mass is 198 g/mol. The molecule has 0 heterocycles. The van der Waals surface area contributed by atoms with Crippen LogP contribution >= 0.6 is 0 Å². The van der Waals surface area contributed by atoms with Gasteiger partial charge in [0.25, 0.3) is 0 Å². The van der Waals surface area contributed by atoms with Gasteiger partial charge in [-0.2, -0.15) is 0 Å². The molecule has 3 nitrogen and oxygen atoms in total. The van der Waals surface area contributed by atoms with E-state index in [1.54, 1.807) is 0 Å². The van der Waals surface area contributed by atoms with Gasteiger partial charge < -0.3 is 4.55 Å². The first-order valence-electron chi connectivity index (χ1n) is 3.98. The van der Waals surface area contributed by atoms with Gasteiger partial charge in [0.1, 0.15) is 0 Å². The topological polar surface area (TPSA) is 52.2 Å². The zero-order valence-electron chi connectivity index (χ0n) is 7.66. The molecule has 0 aliphatic heterocycles. The van der Waals surface area contributed by atoms with Crippen LogP contribution in [0.1, 0.15) is 16.7 Å². The number of hydrogen-bond donors (Lipinski definition) is 1. The molecule has 0 amide bonds. The van der Waals surface area contributed by atoms with Crippen molar-refractivity contribution in [2.45, 2.75) is 20.4 Å². The van der Waals surface area contributed by atoms with E-state index in [-0.39, 0.29) is 0 Å². The van der Waals surface area contributed by atoms with Gasteiger partial charge in [-0.15, -0.1) is 0 Å². The average molecular weight is 198 g/mol. The number of benzene rings is 1. The van der Waals surface area contributed by atoms with Gasteiger partial charge >= 0.3 is 0 Å². The lowest BCUT2D eigenvalue weighted by Crippen LogP contribution is -2.15. The van der Waals surface area contributed by atoms with Crippen molar-refractivity contribution in [2.24, 2.45) is 0 Å². The van der Waals surface area contributed by atoms with Crippen LogP contribution in [0, 0.1) is 13.8 Å². The summed E-state index contributed by atoms with van der Waals surface area (Å²) in [5.74, 6) is 0. The fourth-order valence-electron chi connectivity index (χ4n) is 1.31. The van der Waals surface area contributed by atoms with E-state index < -0.39 is 11.3 Å². The average Bonchev–Trinajstić information content (AvgIpc) is 1.99. The van der Waals surface area contributed by atoms with Crippen molar-refractivity contribution in [2.75, 3.05) is 0 Å². The van der Waals surface area contributed by atoms with Gasteiger partial charge in [0.15, 0.2) is 0 Å². The maximum Gasteiger partial charge on any atom is 0.0322 e. The maximum atomic E-state index is 10.2. The highest BCUT2D eigenvalue weighted by Crippen LogP contribution is 2.08. The molecule has 1 aromatic rings. The van der Waals surface area contributed by atoms with E-state index in [1.165, 1.54) is 0 Å². The summed E-state index contributed by atoms with van der Waals surface area (Å²) >= 11 is -2.18. The Hall–Kier alpha value is -0.710. The predicted molar refractivity (Wildman–Crippen MR) is 51.7 cm³/mol. The Morgan fingerprint density at radius 2 is 1.85 bits per heavy atom. The minimum absolute atomic E-state index is 0.360. The molecule has 13 heavy (non-hydrogen) atoms. The smallest absolute Gasteiger partial charge is 0.0322 e. The molecule has 1 atom stereocenters. The largest absolute Gasteiger partial charge is 0.760 e. The first-order chi connectivity index (χ1) is 6.08. The van der Waals surface area contributed by atoms with Crippen molar-refractivity contribution in [3.63, 3.8) is 0 Å². The van der Waals surface area contributed by atoms with E-state index in [9.17, 15) is 8.76 Å². The first-order valence-corrected chi connectivity index (χ1v) is 5.05. The van der Waals surface area contributed by atoms with E-state index in [4.69, 9.17) is 0 Å². The molecule has 1 aromatic carbocycles. The number of rotatable bonds is 3. The molecule has 1 unspecified atom stereocenters. The van der Waals surface area contributed by atoms with Gasteiger partial charge in [0.2, 0.25) is 0 Å². The summed E-state index contributed by atoms with van der Waals surface area (Å²) in [5.41, 5.74) is 3.28. The van der Waals surface area contributed by atoms with Gasteiger partial charge in [0.05, 0.1) is 0 Å². The summed E-state index contributed by atoms with van der Waals surface area (Å²) in [5, 5.41) is 0. The van der Waals surface area contributed by atoms with Gasteiger partial charge in [-0.05, 0) is 19.4 Å². The van der Waals surface area contributed by atoms with Crippen molar-refractivity contribution in [3.8, 4) is 0 Å². The summed E-state index contributed by atoms with van der Waals surface area (Å²) in [6, 6.07) is 5.98. The molecule has 0 bridgehead atoms. The molecule has 1 N–H and O–H groups in total. The molecule has 1 rings (SSSR count). The SMILES string of the molecule is Cc1cc(C)cc(CNS(=O)[O-])c1. The lowest BCUT2D eigenvalue weighted by molar-refractivity contribution is 0.522. The van der Waals surface area contributed by atoms with E-state index in [1.807, 2.05) is 26.0 Å². The molecule has 0 saturated carbocycles. The van der Waals surface area contributed by atoms with Crippen molar-refractivity contribution >= 4 is 11.3 Å². The van der Waals surface area contributed by atoms with Gasteiger partial charge in [-0.3, -0.25) is 4.21 Å². The Labute approximate surface area is 80.6 Å². The second-order valence-corrected chi connectivity index (χ2v) is 3.81. The highest BCUT2D eigenvalue weighted by Gasteiger charge is 1.94. The fourth-order valence-corrected chi connectivity index (χ4v) is 1.60. The maximum absolute atomic E-state index is 10.2. The Morgan fingerprint density at radius 3 is 2.31 bits per heavy atom. The third kappa shape index (κ3) is 3.67. The van der Waals surface area contributed by atoms with Crippen LogP contribution in [0.3, 0.4) is 0 Å². The first kappa shape index (κ1) is 10.4. The Balaban J connectivity index is 2.71. The minimum Gasteiger partial charge on any atom is -0.760 e. The van der Waals surface area contributed by atoms with Gasteiger partial charge in [-0.25, -0.2) is 4.72 Å². The van der Waals surface area contributed by atoms with Crippen molar-refractivity contribution in [3.05, 3.63) is 34.9 Å².